The van der Waals surface area contributed by atoms with E-state index in [9.17, 15) is 4.79 Å². The van der Waals surface area contributed by atoms with Crippen molar-refractivity contribution in [3.8, 4) is 42.3 Å². The third kappa shape index (κ3) is 9.51. The Labute approximate surface area is 350 Å². The van der Waals surface area contributed by atoms with E-state index in [-0.39, 0.29) is 6.03 Å². The van der Waals surface area contributed by atoms with E-state index in [1.807, 2.05) is 79.0 Å². The number of thiophene rings is 4. The fourth-order valence-electron chi connectivity index (χ4n) is 5.94. The zero-order valence-electron chi connectivity index (χ0n) is 30.9. The van der Waals surface area contributed by atoms with Gasteiger partial charge in [-0.05, 0) is 114 Å². The molecule has 0 bridgehead atoms. The number of nitrogens with one attached hydrogen (secondary N) is 4. The van der Waals surface area contributed by atoms with Crippen LogP contribution in [0.1, 0.15) is 5.56 Å². The largest absolute Gasteiger partial charge is 0.375 e. The number of urea groups is 1. The van der Waals surface area contributed by atoms with Crippen LogP contribution in [0.4, 0.5) is 16.2 Å². The Kier molecular flexibility index (Phi) is 12.2. The molecule has 0 aliphatic rings. The molecule has 0 unspecified atom stereocenters. The number of hydrogen-bond donors (Lipinski definition) is 4. The maximum atomic E-state index is 12.5. The lowest BCUT2D eigenvalue weighted by Crippen LogP contribution is -2.34. The zero-order chi connectivity index (χ0) is 39.1. The van der Waals surface area contributed by atoms with Crippen LogP contribution in [0.25, 0.3) is 64.4 Å². The Hall–Kier alpha value is -5.20. The van der Waals surface area contributed by atoms with Crippen LogP contribution in [0.3, 0.4) is 0 Å². The van der Waals surface area contributed by atoms with Crippen LogP contribution in [0.15, 0.2) is 100 Å². The maximum Gasteiger partial charge on any atom is 0.319 e. The summed E-state index contributed by atoms with van der Waals surface area (Å²) in [5.74, 6) is 0. The minimum Gasteiger partial charge on any atom is -0.375 e. The Morgan fingerprint density at radius 2 is 1.19 bits per heavy atom. The van der Waals surface area contributed by atoms with Crippen molar-refractivity contribution in [3.63, 3.8) is 0 Å². The summed E-state index contributed by atoms with van der Waals surface area (Å²) in [6.45, 7) is 2.73. The van der Waals surface area contributed by atoms with E-state index in [4.69, 9.17) is 36.9 Å². The molecule has 0 fully saturated rings. The molecule has 6 heterocycles. The van der Waals surface area contributed by atoms with Crippen LogP contribution < -0.4 is 21.3 Å². The molecule has 2 aromatic carbocycles. The summed E-state index contributed by atoms with van der Waals surface area (Å²) < 4.78 is 6.04. The molecule has 0 aliphatic heterocycles. The number of fused-ring (bicyclic) bond motifs is 2. The van der Waals surface area contributed by atoms with E-state index >= 15 is 0 Å². The number of hydrogen-bond acceptors (Lipinski definition) is 12. The summed E-state index contributed by atoms with van der Waals surface area (Å²) in [5.41, 5.74) is 8.96. The van der Waals surface area contributed by atoms with Crippen molar-refractivity contribution < 1.29 is 9.53 Å². The van der Waals surface area contributed by atoms with Gasteiger partial charge in [0, 0.05) is 31.0 Å². The highest BCUT2D eigenvalue weighted by molar-refractivity contribution is 7.80. The second-order valence-corrected chi connectivity index (χ2v) is 17.3. The summed E-state index contributed by atoms with van der Waals surface area (Å²) in [6.07, 6.45) is 0. The van der Waals surface area contributed by atoms with Crippen LogP contribution in [-0.4, -0.2) is 76.3 Å². The van der Waals surface area contributed by atoms with Gasteiger partial charge in [-0.15, -0.1) is 45.3 Å². The minimum absolute atomic E-state index is 0.261. The third-order valence-corrected chi connectivity index (χ3v) is 12.5. The predicted octanol–water partition coefficient (Wildman–Crippen LogP) is 9.67. The standard InChI is InChI=1S/C41H37N9O2S5/c1-50(2)15-13-42-40(51)44-26-9-11-28-30(21-26)49-39(38(47-28)34-8-5-19-56-34)35-20-25(24-57-35)23-52-16-14-43-41(53)45-27-10-12-29-31(22-27)48-37(33-7-4-18-55-33)36(46-29)32-6-3-17-54-32/h3-12,17-22,24H,13-16,23H2,1-2H3,(H2,42,44,51)(H2,43,45,53). The van der Waals surface area contributed by atoms with Gasteiger partial charge in [-0.3, -0.25) is 0 Å². The van der Waals surface area contributed by atoms with Gasteiger partial charge in [-0.2, -0.15) is 0 Å². The highest BCUT2D eigenvalue weighted by Crippen LogP contribution is 2.38. The summed E-state index contributed by atoms with van der Waals surface area (Å²) in [5, 5.41) is 21.1. The molecule has 0 spiro atoms. The van der Waals surface area contributed by atoms with Crippen molar-refractivity contribution in [3.05, 3.63) is 106 Å². The fourth-order valence-corrected chi connectivity index (χ4v) is 9.19. The van der Waals surface area contributed by atoms with E-state index in [1.165, 1.54) is 0 Å². The lowest BCUT2D eigenvalue weighted by molar-refractivity contribution is 0.126. The SMILES string of the molecule is CN(C)CCNC(=O)Nc1ccc2nc(-c3cccs3)c(-c3cc(COCCNC(=S)Nc4ccc5nc(-c6cccs6)c(-c6cccs6)nc5c4)cs3)nc2c1. The number of ether oxygens (including phenoxy) is 1. The van der Waals surface area contributed by atoms with Gasteiger partial charge in [0.15, 0.2) is 5.11 Å². The molecule has 0 saturated carbocycles. The number of rotatable bonds is 14. The molecule has 11 nitrogen and oxygen atoms in total. The Morgan fingerprint density at radius 3 is 1.74 bits per heavy atom. The van der Waals surface area contributed by atoms with Crippen molar-refractivity contribution in [2.75, 3.05) is 51.0 Å². The van der Waals surface area contributed by atoms with Crippen LogP contribution in [-0.2, 0) is 11.3 Å². The van der Waals surface area contributed by atoms with Gasteiger partial charge >= 0.3 is 6.03 Å². The molecule has 4 N–H and O–H groups in total. The van der Waals surface area contributed by atoms with Gasteiger partial charge in [0.05, 0.1) is 54.8 Å². The molecule has 57 heavy (non-hydrogen) atoms. The fraction of sp³-hybridized carbons (Fsp3) is 0.171. The van der Waals surface area contributed by atoms with Gasteiger partial charge in [0.25, 0.3) is 0 Å². The summed E-state index contributed by atoms with van der Waals surface area (Å²) >= 11 is 12.2. The van der Waals surface area contributed by atoms with Gasteiger partial charge in [-0.1, -0.05) is 18.2 Å². The Bertz CT molecular complexity index is 2630. The van der Waals surface area contributed by atoms with Gasteiger partial charge in [0.2, 0.25) is 0 Å². The number of aromatic nitrogens is 4. The number of amides is 2. The second-order valence-electron chi connectivity index (χ2n) is 13.1. The first-order valence-electron chi connectivity index (χ1n) is 18.0. The number of nitrogens with zero attached hydrogens (tertiary/aromatic N) is 5. The van der Waals surface area contributed by atoms with E-state index in [1.54, 1.807) is 45.3 Å². The highest BCUT2D eigenvalue weighted by atomic mass is 32.1. The molecular formula is C41H37N9O2S5. The molecule has 8 rings (SSSR count). The molecule has 0 radical (unpaired) electrons. The molecule has 2 amide bonds. The van der Waals surface area contributed by atoms with Crippen LogP contribution in [0.5, 0.6) is 0 Å². The summed E-state index contributed by atoms with van der Waals surface area (Å²) in [4.78, 5) is 38.8. The number of carbonyl (C=O) groups is 1. The molecule has 0 aliphatic carbocycles. The van der Waals surface area contributed by atoms with E-state index < -0.39 is 0 Å². The number of thiocarbonyl (C=S) groups is 1. The Balaban J connectivity index is 0.879. The normalized spacial score (nSPS) is 11.4. The quantitative estimate of drug-likeness (QED) is 0.0621. The first kappa shape index (κ1) is 38.7. The van der Waals surface area contributed by atoms with E-state index in [0.29, 0.717) is 42.6 Å². The summed E-state index contributed by atoms with van der Waals surface area (Å²) in [7, 11) is 3.93. The zero-order valence-corrected chi connectivity index (χ0v) is 35.0. The van der Waals surface area contributed by atoms with Gasteiger partial charge < -0.3 is 30.9 Å². The third-order valence-electron chi connectivity index (χ3n) is 8.64. The molecule has 288 valence electrons. The molecule has 0 saturated heterocycles. The lowest BCUT2D eigenvalue weighted by atomic mass is 10.1. The van der Waals surface area contributed by atoms with Crippen LogP contribution >= 0.6 is 57.6 Å². The second kappa shape index (κ2) is 17.9. The summed E-state index contributed by atoms with van der Waals surface area (Å²) in [6, 6.07) is 25.6. The smallest absolute Gasteiger partial charge is 0.319 e. The van der Waals surface area contributed by atoms with Crippen LogP contribution in [0.2, 0.25) is 0 Å². The average molecular weight is 848 g/mol. The topological polar surface area (TPSA) is 129 Å². The first-order chi connectivity index (χ1) is 27.9. The first-order valence-corrected chi connectivity index (χ1v) is 21.9. The molecule has 6 aromatic heterocycles. The van der Waals surface area contributed by atoms with Crippen molar-refractivity contribution in [2.24, 2.45) is 0 Å². The van der Waals surface area contributed by atoms with Gasteiger partial charge in [0.1, 0.15) is 22.8 Å². The molecular weight excluding hydrogens is 811 g/mol. The van der Waals surface area contributed by atoms with E-state index in [0.717, 1.165) is 76.6 Å². The monoisotopic (exact) mass is 847 g/mol. The number of benzene rings is 2. The molecule has 8 aromatic rings. The van der Waals surface area contributed by atoms with Crippen LogP contribution in [0, 0.1) is 0 Å². The average Bonchev–Trinajstić information content (AvgIpc) is 4.05. The van der Waals surface area contributed by atoms with Crippen molar-refractivity contribution in [1.29, 1.82) is 0 Å². The number of carbonyl (C=O) groups excluding carboxylic acids is 1. The number of anilines is 2. The number of likely N-dealkylation sites (N-methyl/N-ethyl adjacent to an activating group) is 1. The minimum atomic E-state index is -0.261. The van der Waals surface area contributed by atoms with Gasteiger partial charge in [-0.25, -0.2) is 24.7 Å². The van der Waals surface area contributed by atoms with Crippen molar-refractivity contribution in [2.45, 2.75) is 6.61 Å². The van der Waals surface area contributed by atoms with Crippen molar-refractivity contribution in [1.82, 2.24) is 35.5 Å². The van der Waals surface area contributed by atoms with E-state index in [2.05, 4.69) is 61.7 Å². The predicted molar refractivity (Wildman–Crippen MR) is 242 cm³/mol. The van der Waals surface area contributed by atoms with Crippen molar-refractivity contribution >= 4 is 102 Å². The maximum absolute atomic E-state index is 12.5. The molecule has 16 heteroatoms. The highest BCUT2D eigenvalue weighted by Gasteiger charge is 2.18. The molecule has 0 atom stereocenters. The Morgan fingerprint density at radius 1 is 0.649 bits per heavy atom. The lowest BCUT2D eigenvalue weighted by Gasteiger charge is -2.12.